The number of benzene rings is 1. The maximum absolute atomic E-state index is 13.3. The number of methoxy groups -OCH3 is 3. The van der Waals surface area contributed by atoms with E-state index in [1.807, 2.05) is 53.0 Å². The molecule has 0 saturated heterocycles. The van der Waals surface area contributed by atoms with Gasteiger partial charge in [0.1, 0.15) is 5.00 Å². The van der Waals surface area contributed by atoms with Crippen LogP contribution in [-0.4, -0.2) is 37.6 Å². The first-order valence-corrected chi connectivity index (χ1v) is 11.6. The van der Waals surface area contributed by atoms with E-state index in [4.69, 9.17) is 14.2 Å². The summed E-state index contributed by atoms with van der Waals surface area (Å²) in [4.78, 5) is 14.6. The second-order valence-electron chi connectivity index (χ2n) is 6.79. The molecule has 3 heterocycles. The fraction of sp³-hybridized carbons (Fsp3) is 0.318. The zero-order valence-corrected chi connectivity index (χ0v) is 18.8. The molecule has 0 saturated carbocycles. The van der Waals surface area contributed by atoms with Crippen molar-refractivity contribution < 1.29 is 19.0 Å². The van der Waals surface area contributed by atoms with E-state index in [0.29, 0.717) is 23.8 Å². The highest BCUT2D eigenvalue weighted by molar-refractivity contribution is 7.98. The van der Waals surface area contributed by atoms with E-state index >= 15 is 0 Å². The predicted molar refractivity (Wildman–Crippen MR) is 121 cm³/mol. The lowest BCUT2D eigenvalue weighted by Gasteiger charge is -2.15. The minimum atomic E-state index is -0.0585. The van der Waals surface area contributed by atoms with Crippen molar-refractivity contribution >= 4 is 29.0 Å². The van der Waals surface area contributed by atoms with Gasteiger partial charge in [-0.25, -0.2) is 0 Å². The van der Waals surface area contributed by atoms with Crippen molar-refractivity contribution in [1.29, 1.82) is 0 Å². The molecule has 1 amide bonds. The Morgan fingerprint density at radius 3 is 2.43 bits per heavy atom. The fourth-order valence-electron chi connectivity index (χ4n) is 3.61. The average molecular weight is 445 g/mol. The molecule has 2 aromatic heterocycles. The quantitative estimate of drug-likeness (QED) is 0.589. The zero-order valence-electron chi connectivity index (χ0n) is 17.2. The summed E-state index contributed by atoms with van der Waals surface area (Å²) >= 11 is 3.63. The maximum Gasteiger partial charge on any atom is 0.254 e. The summed E-state index contributed by atoms with van der Waals surface area (Å²) in [6, 6.07) is 7.67. The highest BCUT2D eigenvalue weighted by Crippen LogP contribution is 2.39. The van der Waals surface area contributed by atoms with Gasteiger partial charge >= 0.3 is 0 Å². The molecule has 0 atom stereocenters. The first-order valence-electron chi connectivity index (χ1n) is 9.59. The molecule has 0 spiro atoms. The molecule has 1 aliphatic heterocycles. The highest BCUT2D eigenvalue weighted by atomic mass is 32.2. The highest BCUT2D eigenvalue weighted by Gasteiger charge is 2.26. The number of carbonyl (C=O) groups excluding carboxylic acids is 1. The molecule has 1 aliphatic rings. The Hall–Kier alpha value is -2.58. The molecule has 0 bridgehead atoms. The van der Waals surface area contributed by atoms with E-state index < -0.39 is 0 Å². The Kier molecular flexibility index (Phi) is 6.24. The Balaban J connectivity index is 1.62. The molecule has 0 radical (unpaired) electrons. The van der Waals surface area contributed by atoms with Crippen molar-refractivity contribution in [3.63, 3.8) is 0 Å². The lowest BCUT2D eigenvalue weighted by Crippen LogP contribution is -2.25. The molecule has 8 heteroatoms. The molecule has 0 unspecified atom stereocenters. The van der Waals surface area contributed by atoms with Crippen LogP contribution in [0.3, 0.4) is 0 Å². The summed E-state index contributed by atoms with van der Waals surface area (Å²) in [6.45, 7) is 0.361. The number of nitrogens with zero attached hydrogens (tertiary/aromatic N) is 1. The van der Waals surface area contributed by atoms with E-state index in [0.717, 1.165) is 34.1 Å². The van der Waals surface area contributed by atoms with Crippen molar-refractivity contribution in [3.8, 4) is 22.2 Å². The van der Waals surface area contributed by atoms with Gasteiger partial charge in [0, 0.05) is 29.6 Å². The molecule has 1 N–H and O–H groups in total. The lowest BCUT2D eigenvalue weighted by molar-refractivity contribution is 0.0950. The number of rotatable bonds is 7. The first-order chi connectivity index (χ1) is 14.7. The molecule has 4 rings (SSSR count). The Bertz CT molecular complexity index is 1020. The summed E-state index contributed by atoms with van der Waals surface area (Å²) in [5, 5.41) is 4.07. The van der Waals surface area contributed by atoms with Crippen LogP contribution in [0.15, 0.2) is 36.7 Å². The van der Waals surface area contributed by atoms with Gasteiger partial charge in [-0.1, -0.05) is 0 Å². The summed E-state index contributed by atoms with van der Waals surface area (Å²) in [5.74, 6) is 3.63. The van der Waals surface area contributed by atoms with Crippen LogP contribution in [-0.2, 0) is 18.7 Å². The molecular formula is C22H24N2O4S2. The number of thioether (sulfide) groups is 1. The number of nitrogens with one attached hydrogen (secondary N) is 1. The third-order valence-electron chi connectivity index (χ3n) is 5.05. The minimum Gasteiger partial charge on any atom is -0.493 e. The van der Waals surface area contributed by atoms with Crippen LogP contribution < -0.4 is 19.5 Å². The molecule has 30 heavy (non-hydrogen) atoms. The van der Waals surface area contributed by atoms with E-state index in [1.165, 1.54) is 10.4 Å². The van der Waals surface area contributed by atoms with Crippen LogP contribution in [0.1, 0.15) is 26.4 Å². The second kappa shape index (κ2) is 9.06. The van der Waals surface area contributed by atoms with E-state index in [-0.39, 0.29) is 5.91 Å². The largest absolute Gasteiger partial charge is 0.493 e. The number of hydrogen-bond donors (Lipinski definition) is 1. The van der Waals surface area contributed by atoms with Crippen LogP contribution in [0.25, 0.3) is 5.00 Å². The molecular weight excluding hydrogens is 420 g/mol. The zero-order chi connectivity index (χ0) is 21.1. The number of fused-ring (bicyclic) bond motifs is 1. The summed E-state index contributed by atoms with van der Waals surface area (Å²) < 4.78 is 18.2. The van der Waals surface area contributed by atoms with Gasteiger partial charge in [-0.05, 0) is 47.6 Å². The monoisotopic (exact) mass is 444 g/mol. The van der Waals surface area contributed by atoms with Gasteiger partial charge < -0.3 is 24.1 Å². The Morgan fingerprint density at radius 2 is 1.80 bits per heavy atom. The van der Waals surface area contributed by atoms with Crippen LogP contribution in [0.4, 0.5) is 0 Å². The van der Waals surface area contributed by atoms with Crippen molar-refractivity contribution in [2.24, 2.45) is 0 Å². The molecule has 1 aromatic carbocycles. The predicted octanol–water partition coefficient (Wildman–Crippen LogP) is 4.28. The van der Waals surface area contributed by atoms with Gasteiger partial charge in [0.15, 0.2) is 11.5 Å². The number of amides is 1. The fourth-order valence-corrected chi connectivity index (χ4v) is 6.06. The number of hydrogen-bond acceptors (Lipinski definition) is 6. The van der Waals surface area contributed by atoms with Gasteiger partial charge in [0.05, 0.1) is 26.9 Å². The Labute approximate surface area is 184 Å². The van der Waals surface area contributed by atoms with E-state index in [1.54, 1.807) is 32.7 Å². The van der Waals surface area contributed by atoms with Crippen molar-refractivity contribution in [1.82, 2.24) is 9.88 Å². The average Bonchev–Trinajstić information content (AvgIpc) is 3.44. The van der Waals surface area contributed by atoms with Crippen molar-refractivity contribution in [2.75, 3.05) is 27.1 Å². The Morgan fingerprint density at radius 1 is 1.10 bits per heavy atom. The van der Waals surface area contributed by atoms with Gasteiger partial charge in [-0.2, -0.15) is 11.8 Å². The molecule has 6 nitrogen and oxygen atoms in total. The number of aromatic nitrogens is 1. The molecule has 0 fully saturated rings. The van der Waals surface area contributed by atoms with Crippen molar-refractivity contribution in [2.45, 2.75) is 18.7 Å². The number of ether oxygens (including phenoxy) is 3. The minimum absolute atomic E-state index is 0.0585. The van der Waals surface area contributed by atoms with E-state index in [2.05, 4.69) is 5.32 Å². The molecule has 0 aliphatic carbocycles. The van der Waals surface area contributed by atoms with Crippen LogP contribution in [0.2, 0.25) is 0 Å². The number of thiophene rings is 1. The van der Waals surface area contributed by atoms with Crippen LogP contribution in [0, 0.1) is 0 Å². The third kappa shape index (κ3) is 3.89. The SMILES string of the molecule is COc1cc(CNC(=O)c2c(-n3cccc3)sc3c2CCSC3)cc(OC)c1OC. The molecule has 3 aromatic rings. The summed E-state index contributed by atoms with van der Waals surface area (Å²) in [7, 11) is 4.74. The van der Waals surface area contributed by atoms with Gasteiger partial charge in [0.25, 0.3) is 5.91 Å². The van der Waals surface area contributed by atoms with Crippen molar-refractivity contribution in [3.05, 3.63) is 58.2 Å². The van der Waals surface area contributed by atoms with Gasteiger partial charge in [-0.15, -0.1) is 11.3 Å². The summed E-state index contributed by atoms with van der Waals surface area (Å²) in [6.07, 6.45) is 4.89. The van der Waals surface area contributed by atoms with Gasteiger partial charge in [0.2, 0.25) is 5.75 Å². The standard InChI is InChI=1S/C22H24N2O4S2/c1-26-16-10-14(11-17(27-2)20(16)28-3)12-23-21(25)19-15-6-9-29-13-18(15)30-22(19)24-7-4-5-8-24/h4-5,7-8,10-11H,6,9,12-13H2,1-3H3,(H,23,25). The summed E-state index contributed by atoms with van der Waals surface area (Å²) in [5.41, 5.74) is 2.85. The lowest BCUT2D eigenvalue weighted by atomic mass is 10.1. The normalized spacial score (nSPS) is 12.9. The van der Waals surface area contributed by atoms with Gasteiger partial charge in [-0.3, -0.25) is 4.79 Å². The smallest absolute Gasteiger partial charge is 0.254 e. The second-order valence-corrected chi connectivity index (χ2v) is 8.98. The number of carbonyl (C=O) groups is 1. The van der Waals surface area contributed by atoms with Crippen LogP contribution >= 0.6 is 23.1 Å². The first kappa shape index (κ1) is 20.7. The molecule has 158 valence electrons. The van der Waals surface area contributed by atoms with Crippen LogP contribution in [0.5, 0.6) is 17.2 Å². The maximum atomic E-state index is 13.3. The third-order valence-corrected chi connectivity index (χ3v) is 7.46. The topological polar surface area (TPSA) is 61.7 Å². The van der Waals surface area contributed by atoms with E-state index in [9.17, 15) is 4.79 Å².